The van der Waals surface area contributed by atoms with E-state index in [2.05, 4.69) is 221 Å². The summed E-state index contributed by atoms with van der Waals surface area (Å²) in [5, 5.41) is 5.10. The lowest BCUT2D eigenvalue weighted by atomic mass is 9.89. The molecule has 58 heavy (non-hydrogen) atoms. The van der Waals surface area contributed by atoms with Gasteiger partial charge in [0, 0.05) is 38.8 Å². The number of hydrogen-bond donors (Lipinski definition) is 0. The molecule has 1 aliphatic rings. The van der Waals surface area contributed by atoms with E-state index < -0.39 is 0 Å². The summed E-state index contributed by atoms with van der Waals surface area (Å²) in [4.78, 5) is 0. The minimum atomic E-state index is 0.349. The quantitative estimate of drug-likeness (QED) is 0.161. The van der Waals surface area contributed by atoms with Gasteiger partial charge in [-0.25, -0.2) is 0 Å². The second kappa shape index (κ2) is 13.1. The van der Waals surface area contributed by atoms with Crippen LogP contribution in [0.4, 0.5) is 0 Å². The van der Waals surface area contributed by atoms with Crippen molar-refractivity contribution in [2.75, 3.05) is 0 Å². The Bertz CT molecular complexity index is 3260. The molecule has 0 unspecified atom stereocenters. The van der Waals surface area contributed by atoms with Gasteiger partial charge in [-0.15, -0.1) is 0 Å². The van der Waals surface area contributed by atoms with Crippen molar-refractivity contribution in [2.45, 2.75) is 12.3 Å². The van der Waals surface area contributed by atoms with E-state index in [0.29, 0.717) is 5.92 Å². The zero-order valence-electron chi connectivity index (χ0n) is 31.9. The summed E-state index contributed by atoms with van der Waals surface area (Å²) in [6.07, 6.45) is 0.969. The van der Waals surface area contributed by atoms with E-state index in [1.54, 1.807) is 0 Å². The van der Waals surface area contributed by atoms with Crippen LogP contribution in [0.2, 0.25) is 0 Å². The third-order valence-corrected chi connectivity index (χ3v) is 12.5. The number of rotatable bonds is 6. The molecular weight excluding hydrogens is 701 g/mol. The molecule has 0 saturated heterocycles. The van der Waals surface area contributed by atoms with Gasteiger partial charge < -0.3 is 9.13 Å². The van der Waals surface area contributed by atoms with Crippen molar-refractivity contribution in [1.82, 2.24) is 9.13 Å². The maximum Gasteiger partial charge on any atom is 0.0541 e. The van der Waals surface area contributed by atoms with Gasteiger partial charge in [0.1, 0.15) is 0 Å². The van der Waals surface area contributed by atoms with Crippen LogP contribution in [0, 0.1) is 0 Å². The highest BCUT2D eigenvalue weighted by atomic mass is 15.0. The maximum absolute atomic E-state index is 2.44. The first-order chi connectivity index (χ1) is 28.8. The molecule has 1 aliphatic carbocycles. The van der Waals surface area contributed by atoms with Gasteiger partial charge in [-0.2, -0.15) is 0 Å². The topological polar surface area (TPSA) is 9.86 Å². The summed E-state index contributed by atoms with van der Waals surface area (Å²) >= 11 is 0. The summed E-state index contributed by atoms with van der Waals surface area (Å²) in [6.45, 7) is 0. The zero-order valence-corrected chi connectivity index (χ0v) is 31.9. The van der Waals surface area contributed by atoms with Gasteiger partial charge in [-0.05, 0) is 117 Å². The Hall–Kier alpha value is -7.42. The summed E-state index contributed by atoms with van der Waals surface area (Å²) in [5.74, 6) is 0.349. The van der Waals surface area contributed by atoms with Gasteiger partial charge >= 0.3 is 0 Å². The molecule has 272 valence electrons. The summed E-state index contributed by atoms with van der Waals surface area (Å²) in [7, 11) is 0. The van der Waals surface area contributed by atoms with Crippen LogP contribution in [-0.4, -0.2) is 9.13 Å². The van der Waals surface area contributed by atoms with Crippen molar-refractivity contribution in [3.63, 3.8) is 0 Å². The second-order valence-electron chi connectivity index (χ2n) is 15.7. The highest BCUT2D eigenvalue weighted by Gasteiger charge is 2.28. The van der Waals surface area contributed by atoms with Crippen LogP contribution in [0.15, 0.2) is 212 Å². The fraction of sp³-hybridized carbons (Fsp3) is 0.0357. The van der Waals surface area contributed by atoms with Crippen LogP contribution < -0.4 is 0 Å². The predicted octanol–water partition coefficient (Wildman–Crippen LogP) is 14.6. The lowest BCUT2D eigenvalue weighted by molar-refractivity contribution is 0.828. The molecule has 0 amide bonds. The highest BCUT2D eigenvalue weighted by molar-refractivity contribution is 6.10. The molecule has 2 heteroatoms. The fourth-order valence-electron chi connectivity index (χ4n) is 9.85. The standard InChI is InChI=1S/C56H38N2/c1-2-14-38(15-3-1)40-34-41(36-43(35-40)58-53-23-11-8-20-48(53)49-21-9-12-24-54(49)58)39-27-29-42(30-28-39)57-55-25-13-10-22-50(55)52-33-37(26-31-56(52)57)32-51-46-18-6-4-16-44(46)45-17-5-7-19-47(45)51/h1-31,33-36,51H,32H2. The van der Waals surface area contributed by atoms with Crippen molar-refractivity contribution < 1.29 is 0 Å². The molecule has 0 saturated carbocycles. The number of para-hydroxylation sites is 3. The van der Waals surface area contributed by atoms with Crippen LogP contribution in [-0.2, 0) is 6.42 Å². The van der Waals surface area contributed by atoms with Gasteiger partial charge in [0.05, 0.1) is 22.1 Å². The number of aromatic nitrogens is 2. The Morgan fingerprint density at radius 1 is 0.310 bits per heavy atom. The predicted molar refractivity (Wildman–Crippen MR) is 243 cm³/mol. The molecule has 0 fully saturated rings. The molecular formula is C56H38N2. The van der Waals surface area contributed by atoms with Gasteiger partial charge in [0.2, 0.25) is 0 Å². The molecule has 2 nitrogen and oxygen atoms in total. The lowest BCUT2D eigenvalue weighted by Gasteiger charge is -2.15. The molecule has 0 bridgehead atoms. The first-order valence-corrected chi connectivity index (χ1v) is 20.3. The Labute approximate surface area is 337 Å². The van der Waals surface area contributed by atoms with Crippen LogP contribution in [0.1, 0.15) is 22.6 Å². The Morgan fingerprint density at radius 3 is 1.38 bits per heavy atom. The Morgan fingerprint density at radius 2 is 0.776 bits per heavy atom. The van der Waals surface area contributed by atoms with Crippen LogP contribution in [0.3, 0.4) is 0 Å². The van der Waals surface area contributed by atoms with Gasteiger partial charge in [0.25, 0.3) is 0 Å². The van der Waals surface area contributed by atoms with E-state index in [0.717, 1.165) is 17.8 Å². The van der Waals surface area contributed by atoms with Crippen LogP contribution in [0.25, 0.3) is 88.4 Å². The molecule has 0 radical (unpaired) electrons. The summed E-state index contributed by atoms with van der Waals surface area (Å²) in [6, 6.07) is 78.3. The zero-order chi connectivity index (χ0) is 38.2. The van der Waals surface area contributed by atoms with E-state index in [4.69, 9.17) is 0 Å². The average Bonchev–Trinajstić information content (AvgIpc) is 3.92. The van der Waals surface area contributed by atoms with E-state index >= 15 is 0 Å². The van der Waals surface area contributed by atoms with Gasteiger partial charge in [0.15, 0.2) is 0 Å². The normalized spacial score (nSPS) is 12.5. The first-order valence-electron chi connectivity index (χ1n) is 20.3. The third kappa shape index (κ3) is 5.12. The fourth-order valence-corrected chi connectivity index (χ4v) is 9.85. The average molecular weight is 739 g/mol. The number of benzene rings is 9. The molecule has 2 heterocycles. The third-order valence-electron chi connectivity index (χ3n) is 12.5. The summed E-state index contributed by atoms with van der Waals surface area (Å²) < 4.78 is 4.86. The van der Waals surface area contributed by atoms with Crippen LogP contribution in [0.5, 0.6) is 0 Å². The molecule has 12 rings (SSSR count). The largest absolute Gasteiger partial charge is 0.309 e. The van der Waals surface area contributed by atoms with Crippen molar-refractivity contribution in [2.24, 2.45) is 0 Å². The monoisotopic (exact) mass is 738 g/mol. The maximum atomic E-state index is 2.44. The molecule has 0 atom stereocenters. The summed E-state index contributed by atoms with van der Waals surface area (Å²) in [5.41, 5.74) is 18.9. The molecule has 0 N–H and O–H groups in total. The molecule has 0 aliphatic heterocycles. The minimum Gasteiger partial charge on any atom is -0.309 e. The number of hydrogen-bond acceptors (Lipinski definition) is 0. The van der Waals surface area contributed by atoms with Gasteiger partial charge in [-0.3, -0.25) is 0 Å². The minimum absolute atomic E-state index is 0.349. The second-order valence-corrected chi connectivity index (χ2v) is 15.7. The van der Waals surface area contributed by atoms with E-state index in [-0.39, 0.29) is 0 Å². The van der Waals surface area contributed by atoms with E-state index in [9.17, 15) is 0 Å². The van der Waals surface area contributed by atoms with Crippen molar-refractivity contribution in [1.29, 1.82) is 0 Å². The number of nitrogens with zero attached hydrogens (tertiary/aromatic N) is 2. The lowest BCUT2D eigenvalue weighted by Crippen LogP contribution is -2.01. The smallest absolute Gasteiger partial charge is 0.0541 e. The van der Waals surface area contributed by atoms with E-state index in [1.807, 2.05) is 0 Å². The molecule has 2 aromatic heterocycles. The Kier molecular flexibility index (Phi) is 7.39. The SMILES string of the molecule is c1ccc(-c2cc(-c3ccc(-n4c5ccccc5c5cc(CC6c7ccccc7-c7ccccc76)ccc54)cc3)cc(-n3c4ccccc4c4ccccc43)c2)cc1. The van der Waals surface area contributed by atoms with E-state index in [1.165, 1.54) is 93.7 Å². The van der Waals surface area contributed by atoms with Crippen LogP contribution >= 0.6 is 0 Å². The molecule has 9 aromatic carbocycles. The van der Waals surface area contributed by atoms with Gasteiger partial charge in [-0.1, -0.05) is 152 Å². The molecule has 11 aromatic rings. The highest BCUT2D eigenvalue weighted by Crippen LogP contribution is 2.46. The Balaban J connectivity index is 0.959. The van der Waals surface area contributed by atoms with Crippen molar-refractivity contribution >= 4 is 43.6 Å². The van der Waals surface area contributed by atoms with Crippen molar-refractivity contribution in [3.05, 3.63) is 229 Å². The first kappa shape index (κ1) is 32.8. The van der Waals surface area contributed by atoms with Crippen molar-refractivity contribution in [3.8, 4) is 44.8 Å². The number of fused-ring (bicyclic) bond motifs is 9. The molecule has 0 spiro atoms.